The standard InChI is InChI=1S/C20H36N4O2/c1-4-22-9-11-23(12-10-22)7-5-18(25)24-8-6-20(15-24)13-17(14-20)21-19(26)16(2)3/h16-17H,4-15H2,1-3H3,(H,21,26). The lowest BCUT2D eigenvalue weighted by Crippen LogP contribution is -2.53. The summed E-state index contributed by atoms with van der Waals surface area (Å²) in [6.45, 7) is 14.3. The van der Waals surface area contributed by atoms with Crippen LogP contribution in [0, 0.1) is 11.3 Å². The summed E-state index contributed by atoms with van der Waals surface area (Å²) in [5.41, 5.74) is 0.275. The number of likely N-dealkylation sites (N-methyl/N-ethyl adjacent to an activating group) is 1. The Balaban J connectivity index is 1.35. The van der Waals surface area contributed by atoms with Crippen LogP contribution in [0.2, 0.25) is 0 Å². The highest BCUT2D eigenvalue weighted by Crippen LogP contribution is 2.48. The van der Waals surface area contributed by atoms with Gasteiger partial charge in [0.1, 0.15) is 0 Å². The van der Waals surface area contributed by atoms with Crippen LogP contribution in [0.15, 0.2) is 0 Å². The molecule has 6 heteroatoms. The van der Waals surface area contributed by atoms with Gasteiger partial charge in [-0.25, -0.2) is 0 Å². The third kappa shape index (κ3) is 4.58. The zero-order valence-electron chi connectivity index (χ0n) is 16.8. The van der Waals surface area contributed by atoms with Gasteiger partial charge >= 0.3 is 0 Å². The SMILES string of the molecule is CCN1CCN(CCC(=O)N2CCC3(CC(NC(=O)C(C)C)C3)C2)CC1. The van der Waals surface area contributed by atoms with Crippen LogP contribution in [0.3, 0.4) is 0 Å². The number of nitrogens with zero attached hydrogens (tertiary/aromatic N) is 3. The fourth-order valence-electron chi connectivity index (χ4n) is 4.68. The highest BCUT2D eigenvalue weighted by Gasteiger charge is 2.49. The van der Waals surface area contributed by atoms with E-state index in [2.05, 4.69) is 26.9 Å². The molecule has 0 bridgehead atoms. The van der Waals surface area contributed by atoms with E-state index in [-0.39, 0.29) is 17.2 Å². The van der Waals surface area contributed by atoms with Crippen molar-refractivity contribution in [2.45, 2.75) is 52.5 Å². The molecule has 0 aromatic carbocycles. The summed E-state index contributed by atoms with van der Waals surface area (Å²) >= 11 is 0. The maximum Gasteiger partial charge on any atom is 0.223 e. The van der Waals surface area contributed by atoms with Crippen LogP contribution in [0.1, 0.15) is 46.5 Å². The molecular formula is C20H36N4O2. The third-order valence-electron chi connectivity index (χ3n) is 6.57. The fraction of sp³-hybridized carbons (Fsp3) is 0.900. The van der Waals surface area contributed by atoms with Crippen molar-refractivity contribution in [3.05, 3.63) is 0 Å². The predicted molar refractivity (Wildman–Crippen MR) is 103 cm³/mol. The number of carbonyl (C=O) groups excluding carboxylic acids is 2. The molecule has 1 N–H and O–H groups in total. The van der Waals surface area contributed by atoms with Gasteiger partial charge in [0.15, 0.2) is 0 Å². The van der Waals surface area contributed by atoms with Gasteiger partial charge in [-0.05, 0) is 31.2 Å². The molecule has 148 valence electrons. The van der Waals surface area contributed by atoms with Crippen molar-refractivity contribution in [3.8, 4) is 0 Å². The lowest BCUT2D eigenvalue weighted by atomic mass is 9.65. The molecular weight excluding hydrogens is 328 g/mol. The molecule has 2 saturated heterocycles. The van der Waals surface area contributed by atoms with E-state index in [1.165, 1.54) is 0 Å². The summed E-state index contributed by atoms with van der Waals surface area (Å²) < 4.78 is 0. The molecule has 0 aromatic rings. The van der Waals surface area contributed by atoms with E-state index in [1.807, 2.05) is 13.8 Å². The summed E-state index contributed by atoms with van der Waals surface area (Å²) in [6, 6.07) is 0.315. The first-order chi connectivity index (χ1) is 12.4. The van der Waals surface area contributed by atoms with Gasteiger partial charge in [-0.3, -0.25) is 9.59 Å². The summed E-state index contributed by atoms with van der Waals surface area (Å²) in [4.78, 5) is 31.4. The van der Waals surface area contributed by atoms with Gasteiger partial charge in [-0.1, -0.05) is 20.8 Å². The van der Waals surface area contributed by atoms with Crippen molar-refractivity contribution in [1.29, 1.82) is 0 Å². The Morgan fingerprint density at radius 2 is 1.73 bits per heavy atom. The van der Waals surface area contributed by atoms with Crippen molar-refractivity contribution < 1.29 is 9.59 Å². The normalized spacial score (nSPS) is 30.0. The van der Waals surface area contributed by atoms with E-state index in [1.54, 1.807) is 0 Å². The van der Waals surface area contributed by atoms with Crippen molar-refractivity contribution in [3.63, 3.8) is 0 Å². The Labute approximate surface area is 158 Å². The van der Waals surface area contributed by atoms with Gasteiger partial charge in [0.05, 0.1) is 0 Å². The molecule has 2 heterocycles. The number of carbonyl (C=O) groups is 2. The molecule has 0 radical (unpaired) electrons. The summed E-state index contributed by atoms with van der Waals surface area (Å²) in [7, 11) is 0. The van der Waals surface area contributed by atoms with E-state index in [0.717, 1.165) is 71.6 Å². The number of nitrogens with one attached hydrogen (secondary N) is 1. The lowest BCUT2D eigenvalue weighted by molar-refractivity contribution is -0.132. The van der Waals surface area contributed by atoms with E-state index in [0.29, 0.717) is 18.4 Å². The van der Waals surface area contributed by atoms with Gasteiger partial charge in [-0.2, -0.15) is 0 Å². The van der Waals surface area contributed by atoms with Crippen LogP contribution in [0.5, 0.6) is 0 Å². The van der Waals surface area contributed by atoms with Crippen LogP contribution in [0.4, 0.5) is 0 Å². The zero-order valence-corrected chi connectivity index (χ0v) is 16.8. The van der Waals surface area contributed by atoms with Gasteiger partial charge in [0.2, 0.25) is 11.8 Å². The Hall–Kier alpha value is -1.14. The Morgan fingerprint density at radius 1 is 1.08 bits per heavy atom. The van der Waals surface area contributed by atoms with Crippen molar-refractivity contribution in [2.75, 3.05) is 52.4 Å². The van der Waals surface area contributed by atoms with Gasteiger partial charge in [0.25, 0.3) is 0 Å². The van der Waals surface area contributed by atoms with Crippen molar-refractivity contribution >= 4 is 11.8 Å². The van der Waals surface area contributed by atoms with Crippen LogP contribution >= 0.6 is 0 Å². The average molecular weight is 365 g/mol. The highest BCUT2D eigenvalue weighted by atomic mass is 16.2. The molecule has 3 aliphatic rings. The second kappa shape index (κ2) is 8.26. The quantitative estimate of drug-likeness (QED) is 0.769. The molecule has 1 spiro atoms. The lowest BCUT2D eigenvalue weighted by Gasteiger charge is -2.45. The zero-order chi connectivity index (χ0) is 18.7. The van der Waals surface area contributed by atoms with E-state index < -0.39 is 0 Å². The summed E-state index contributed by atoms with van der Waals surface area (Å²) in [6.07, 6.45) is 3.82. The second-order valence-electron chi connectivity index (χ2n) is 8.86. The van der Waals surface area contributed by atoms with Gasteiger partial charge < -0.3 is 20.0 Å². The number of piperazine rings is 1. The molecule has 1 saturated carbocycles. The molecule has 6 nitrogen and oxygen atoms in total. The first kappa shape index (κ1) is 19.6. The maximum absolute atomic E-state index is 12.6. The van der Waals surface area contributed by atoms with Crippen molar-refractivity contribution in [1.82, 2.24) is 20.0 Å². The van der Waals surface area contributed by atoms with Crippen LogP contribution < -0.4 is 5.32 Å². The molecule has 3 fully saturated rings. The van der Waals surface area contributed by atoms with Crippen molar-refractivity contribution in [2.24, 2.45) is 11.3 Å². The highest BCUT2D eigenvalue weighted by molar-refractivity contribution is 5.78. The summed E-state index contributed by atoms with van der Waals surface area (Å²) in [5, 5.41) is 3.13. The molecule has 0 aromatic heterocycles. The third-order valence-corrected chi connectivity index (χ3v) is 6.57. The predicted octanol–water partition coefficient (Wildman–Crippen LogP) is 1.17. The van der Waals surface area contributed by atoms with Crippen LogP contribution in [-0.4, -0.2) is 84.9 Å². The van der Waals surface area contributed by atoms with Crippen LogP contribution in [-0.2, 0) is 9.59 Å². The summed E-state index contributed by atoms with van der Waals surface area (Å²) in [5.74, 6) is 0.515. The number of hydrogen-bond donors (Lipinski definition) is 1. The average Bonchev–Trinajstić information content (AvgIpc) is 3.05. The number of amides is 2. The molecule has 0 unspecified atom stereocenters. The number of likely N-dealkylation sites (tertiary alicyclic amines) is 1. The number of rotatable bonds is 6. The second-order valence-corrected chi connectivity index (χ2v) is 8.86. The first-order valence-corrected chi connectivity index (χ1v) is 10.4. The topological polar surface area (TPSA) is 55.9 Å². The molecule has 26 heavy (non-hydrogen) atoms. The monoisotopic (exact) mass is 364 g/mol. The smallest absolute Gasteiger partial charge is 0.223 e. The fourth-order valence-corrected chi connectivity index (χ4v) is 4.68. The van der Waals surface area contributed by atoms with Gasteiger partial charge in [0, 0.05) is 64.2 Å². The molecule has 3 rings (SSSR count). The van der Waals surface area contributed by atoms with Gasteiger partial charge in [-0.15, -0.1) is 0 Å². The maximum atomic E-state index is 12.6. The molecule has 1 aliphatic carbocycles. The Kier molecular flexibility index (Phi) is 6.23. The van der Waals surface area contributed by atoms with E-state index >= 15 is 0 Å². The minimum atomic E-state index is 0.0485. The molecule has 2 aliphatic heterocycles. The molecule has 0 atom stereocenters. The minimum Gasteiger partial charge on any atom is -0.353 e. The minimum absolute atomic E-state index is 0.0485. The van der Waals surface area contributed by atoms with Crippen LogP contribution in [0.25, 0.3) is 0 Å². The Morgan fingerprint density at radius 3 is 2.35 bits per heavy atom. The molecule has 2 amide bonds. The number of hydrogen-bond acceptors (Lipinski definition) is 4. The van der Waals surface area contributed by atoms with E-state index in [4.69, 9.17) is 0 Å². The largest absolute Gasteiger partial charge is 0.353 e. The first-order valence-electron chi connectivity index (χ1n) is 10.4. The Bertz CT molecular complexity index is 508. The van der Waals surface area contributed by atoms with E-state index in [9.17, 15) is 9.59 Å².